The molecule has 0 radical (unpaired) electrons. The van der Waals surface area contributed by atoms with Gasteiger partial charge >= 0.3 is 0 Å². The first-order valence-electron chi connectivity index (χ1n) is 6.40. The van der Waals surface area contributed by atoms with Crippen molar-refractivity contribution in [2.75, 3.05) is 13.6 Å². The summed E-state index contributed by atoms with van der Waals surface area (Å²) in [6.45, 7) is 1.51. The standard InChI is InChI=1S/C14H19ClN2O/c1-17(10-11-6-2-3-7-12(11)15)14(18)13-8-4-5-9-16-13/h2-3,6-7,13,16H,4-5,8-10H2,1H3/t13-/m0/s1. The van der Waals surface area contributed by atoms with Gasteiger partial charge in [-0.05, 0) is 31.0 Å². The molecule has 1 aromatic carbocycles. The summed E-state index contributed by atoms with van der Waals surface area (Å²) in [7, 11) is 1.84. The van der Waals surface area contributed by atoms with Crippen molar-refractivity contribution in [2.24, 2.45) is 0 Å². The Labute approximate surface area is 113 Å². The van der Waals surface area contributed by atoms with Gasteiger partial charge in [0.25, 0.3) is 0 Å². The van der Waals surface area contributed by atoms with Crippen molar-refractivity contribution < 1.29 is 4.79 Å². The summed E-state index contributed by atoms with van der Waals surface area (Å²) in [4.78, 5) is 14.0. The van der Waals surface area contributed by atoms with Crippen molar-refractivity contribution in [3.8, 4) is 0 Å². The van der Waals surface area contributed by atoms with Crippen LogP contribution in [0.3, 0.4) is 0 Å². The fourth-order valence-corrected chi connectivity index (χ4v) is 2.48. The highest BCUT2D eigenvalue weighted by Crippen LogP contribution is 2.17. The van der Waals surface area contributed by atoms with Crippen LogP contribution in [0.25, 0.3) is 0 Å². The van der Waals surface area contributed by atoms with E-state index in [-0.39, 0.29) is 11.9 Å². The molecule has 0 unspecified atom stereocenters. The summed E-state index contributed by atoms with van der Waals surface area (Å²) in [5.41, 5.74) is 0.992. The minimum Gasteiger partial charge on any atom is -0.340 e. The van der Waals surface area contributed by atoms with Gasteiger partial charge in [-0.3, -0.25) is 4.79 Å². The fraction of sp³-hybridized carbons (Fsp3) is 0.500. The molecule has 0 saturated carbocycles. The summed E-state index contributed by atoms with van der Waals surface area (Å²) in [5, 5.41) is 3.99. The first-order chi connectivity index (χ1) is 8.68. The van der Waals surface area contributed by atoms with E-state index in [9.17, 15) is 4.79 Å². The van der Waals surface area contributed by atoms with Crippen molar-refractivity contribution >= 4 is 17.5 Å². The lowest BCUT2D eigenvalue weighted by molar-refractivity contribution is -0.133. The number of piperidine rings is 1. The Balaban J connectivity index is 1.96. The zero-order chi connectivity index (χ0) is 13.0. The van der Waals surface area contributed by atoms with Gasteiger partial charge in [-0.1, -0.05) is 36.2 Å². The van der Waals surface area contributed by atoms with Crippen LogP contribution in [0.1, 0.15) is 24.8 Å². The van der Waals surface area contributed by atoms with Crippen LogP contribution >= 0.6 is 11.6 Å². The zero-order valence-corrected chi connectivity index (χ0v) is 11.4. The molecule has 0 aliphatic carbocycles. The number of likely N-dealkylation sites (N-methyl/N-ethyl adjacent to an activating group) is 1. The van der Waals surface area contributed by atoms with E-state index in [2.05, 4.69) is 5.32 Å². The van der Waals surface area contributed by atoms with E-state index in [1.807, 2.05) is 31.3 Å². The Hall–Kier alpha value is -1.06. The van der Waals surface area contributed by atoms with E-state index in [1.165, 1.54) is 0 Å². The van der Waals surface area contributed by atoms with Gasteiger partial charge in [0.2, 0.25) is 5.91 Å². The van der Waals surface area contributed by atoms with Crippen molar-refractivity contribution in [2.45, 2.75) is 31.8 Å². The van der Waals surface area contributed by atoms with Crippen LogP contribution in [-0.4, -0.2) is 30.4 Å². The molecule has 1 amide bonds. The van der Waals surface area contributed by atoms with Crippen molar-refractivity contribution in [1.29, 1.82) is 0 Å². The van der Waals surface area contributed by atoms with Gasteiger partial charge in [-0.15, -0.1) is 0 Å². The third kappa shape index (κ3) is 3.24. The number of rotatable bonds is 3. The predicted octanol–water partition coefficient (Wildman–Crippen LogP) is 2.44. The molecule has 1 fully saturated rings. The zero-order valence-electron chi connectivity index (χ0n) is 10.7. The molecule has 0 aromatic heterocycles. The van der Waals surface area contributed by atoms with Crippen LogP contribution in [0.2, 0.25) is 5.02 Å². The Kier molecular flexibility index (Phi) is 4.61. The molecule has 1 saturated heterocycles. The second-order valence-electron chi connectivity index (χ2n) is 4.79. The number of halogens is 1. The summed E-state index contributed by atoms with van der Waals surface area (Å²) < 4.78 is 0. The second kappa shape index (κ2) is 6.21. The van der Waals surface area contributed by atoms with Gasteiger partial charge in [-0.2, -0.15) is 0 Å². The lowest BCUT2D eigenvalue weighted by atomic mass is 10.0. The first kappa shape index (κ1) is 13.4. The third-order valence-electron chi connectivity index (χ3n) is 3.35. The number of nitrogens with one attached hydrogen (secondary N) is 1. The number of amides is 1. The number of hydrogen-bond acceptors (Lipinski definition) is 2. The summed E-state index contributed by atoms with van der Waals surface area (Å²) in [6.07, 6.45) is 3.23. The normalized spacial score (nSPS) is 19.6. The average molecular weight is 267 g/mol. The maximum atomic E-state index is 12.2. The van der Waals surface area contributed by atoms with Gasteiger partial charge in [0, 0.05) is 18.6 Å². The molecule has 98 valence electrons. The van der Waals surface area contributed by atoms with Gasteiger partial charge in [-0.25, -0.2) is 0 Å². The third-order valence-corrected chi connectivity index (χ3v) is 3.72. The largest absolute Gasteiger partial charge is 0.340 e. The molecule has 1 aliphatic rings. The molecule has 1 aromatic rings. The van der Waals surface area contributed by atoms with E-state index in [4.69, 9.17) is 11.6 Å². The number of carbonyl (C=O) groups excluding carboxylic acids is 1. The smallest absolute Gasteiger partial charge is 0.239 e. The Morgan fingerprint density at radius 3 is 2.89 bits per heavy atom. The van der Waals surface area contributed by atoms with Crippen molar-refractivity contribution in [1.82, 2.24) is 10.2 Å². The molecular weight excluding hydrogens is 248 g/mol. The van der Waals surface area contributed by atoms with Gasteiger partial charge in [0.05, 0.1) is 6.04 Å². The monoisotopic (exact) mass is 266 g/mol. The lowest BCUT2D eigenvalue weighted by Gasteiger charge is -2.27. The minimum absolute atomic E-state index is 0.0220. The van der Waals surface area contributed by atoms with Crippen molar-refractivity contribution in [3.63, 3.8) is 0 Å². The molecule has 0 bridgehead atoms. The summed E-state index contributed by atoms with van der Waals surface area (Å²) >= 11 is 6.11. The van der Waals surface area contributed by atoms with Crippen LogP contribution in [0.4, 0.5) is 0 Å². The van der Waals surface area contributed by atoms with E-state index >= 15 is 0 Å². The molecule has 3 nitrogen and oxygen atoms in total. The molecule has 4 heteroatoms. The number of hydrogen-bond donors (Lipinski definition) is 1. The molecule has 1 heterocycles. The highest BCUT2D eigenvalue weighted by Gasteiger charge is 2.23. The number of nitrogens with zero attached hydrogens (tertiary/aromatic N) is 1. The predicted molar refractivity (Wildman–Crippen MR) is 73.6 cm³/mol. The maximum absolute atomic E-state index is 12.2. The minimum atomic E-state index is -0.0220. The molecular formula is C14H19ClN2O. The molecule has 18 heavy (non-hydrogen) atoms. The molecule has 1 atom stereocenters. The Bertz CT molecular complexity index is 416. The molecule has 1 aliphatic heterocycles. The van der Waals surface area contributed by atoms with Crippen molar-refractivity contribution in [3.05, 3.63) is 34.9 Å². The quantitative estimate of drug-likeness (QED) is 0.911. The van der Waals surface area contributed by atoms with E-state index in [0.717, 1.165) is 31.4 Å². The molecule has 0 spiro atoms. The molecule has 2 rings (SSSR count). The fourth-order valence-electron chi connectivity index (χ4n) is 2.29. The van der Waals surface area contributed by atoms with Gasteiger partial charge < -0.3 is 10.2 Å². The summed E-state index contributed by atoms with van der Waals surface area (Å²) in [5.74, 6) is 0.162. The highest BCUT2D eigenvalue weighted by atomic mass is 35.5. The highest BCUT2D eigenvalue weighted by molar-refractivity contribution is 6.31. The van der Waals surface area contributed by atoms with E-state index in [1.54, 1.807) is 4.90 Å². The number of carbonyl (C=O) groups is 1. The van der Waals surface area contributed by atoms with E-state index < -0.39 is 0 Å². The second-order valence-corrected chi connectivity index (χ2v) is 5.20. The van der Waals surface area contributed by atoms with Crippen LogP contribution in [0, 0.1) is 0 Å². The number of benzene rings is 1. The topological polar surface area (TPSA) is 32.3 Å². The van der Waals surface area contributed by atoms with Gasteiger partial charge in [0.15, 0.2) is 0 Å². The first-order valence-corrected chi connectivity index (χ1v) is 6.78. The van der Waals surface area contributed by atoms with Crippen LogP contribution < -0.4 is 5.32 Å². The average Bonchev–Trinajstić information content (AvgIpc) is 2.41. The summed E-state index contributed by atoms with van der Waals surface area (Å²) in [6, 6.07) is 7.63. The van der Waals surface area contributed by atoms with Gasteiger partial charge in [0.1, 0.15) is 0 Å². The van der Waals surface area contributed by atoms with Crippen LogP contribution in [0.5, 0.6) is 0 Å². The SMILES string of the molecule is CN(Cc1ccccc1Cl)C(=O)[C@@H]1CCCCN1. The lowest BCUT2D eigenvalue weighted by Crippen LogP contribution is -2.47. The Morgan fingerprint density at radius 2 is 2.22 bits per heavy atom. The van der Waals surface area contributed by atoms with E-state index in [0.29, 0.717) is 11.6 Å². The molecule has 1 N–H and O–H groups in total. The van der Waals surface area contributed by atoms with Crippen LogP contribution in [-0.2, 0) is 11.3 Å². The van der Waals surface area contributed by atoms with Crippen LogP contribution in [0.15, 0.2) is 24.3 Å². The Morgan fingerprint density at radius 1 is 1.44 bits per heavy atom. The maximum Gasteiger partial charge on any atom is 0.239 e.